The Morgan fingerprint density at radius 3 is 2.63 bits per heavy atom. The van der Waals surface area contributed by atoms with E-state index in [9.17, 15) is 19.5 Å². The van der Waals surface area contributed by atoms with Gasteiger partial charge < -0.3 is 24.6 Å². The molecular weight excluding hydrogens is 441 g/mol. The Morgan fingerprint density at radius 1 is 1.33 bits per heavy atom. The van der Waals surface area contributed by atoms with E-state index in [1.54, 1.807) is 45.0 Å². The van der Waals surface area contributed by atoms with Crippen molar-refractivity contribution in [1.82, 2.24) is 15.4 Å². The van der Waals surface area contributed by atoms with Crippen LogP contribution in [0, 0.1) is 6.92 Å². The number of rotatable bonds is 4. The van der Waals surface area contributed by atoms with Crippen molar-refractivity contribution in [2.75, 3.05) is 0 Å². The van der Waals surface area contributed by atoms with Gasteiger partial charge in [-0.15, -0.1) is 11.8 Å². The van der Waals surface area contributed by atoms with Crippen molar-refractivity contribution in [2.24, 2.45) is 0 Å². The zero-order valence-corrected chi connectivity index (χ0v) is 20.3. The number of halogens is 1. The molecule has 2 aliphatic heterocycles. The summed E-state index contributed by atoms with van der Waals surface area (Å²) in [7, 11) is 0. The number of hydrogen-bond acceptors (Lipinski definition) is 7. The summed E-state index contributed by atoms with van der Waals surface area (Å²) in [5.41, 5.74) is 0.996. The smallest absolute Gasteiger partial charge is 0.548 e. The van der Waals surface area contributed by atoms with Gasteiger partial charge in [-0.25, -0.2) is 0 Å². The van der Waals surface area contributed by atoms with E-state index in [4.69, 9.17) is 16.1 Å². The summed E-state index contributed by atoms with van der Waals surface area (Å²) in [6.07, 6.45) is 0. The monoisotopic (exact) mass is 457 g/mol. The molecular formula is C19H17ClN3NaO5S. The molecule has 2 aromatic rings. The fourth-order valence-corrected chi connectivity index (χ4v) is 5.66. The van der Waals surface area contributed by atoms with E-state index in [1.165, 1.54) is 16.7 Å². The van der Waals surface area contributed by atoms with Crippen molar-refractivity contribution in [3.63, 3.8) is 0 Å². The minimum absolute atomic E-state index is 0. The largest absolute Gasteiger partial charge is 1.00 e. The molecule has 1 aromatic heterocycles. The summed E-state index contributed by atoms with van der Waals surface area (Å²) >= 11 is 7.54. The Kier molecular flexibility index (Phi) is 6.33. The molecule has 0 unspecified atom stereocenters. The normalized spacial score (nSPS) is 23.9. The van der Waals surface area contributed by atoms with Crippen molar-refractivity contribution >= 4 is 41.1 Å². The number of aryl methyl sites for hydroxylation is 1. The van der Waals surface area contributed by atoms with Crippen LogP contribution >= 0.6 is 23.4 Å². The molecule has 2 saturated heterocycles. The molecule has 0 radical (unpaired) electrons. The second kappa shape index (κ2) is 8.20. The van der Waals surface area contributed by atoms with E-state index in [1.807, 2.05) is 0 Å². The van der Waals surface area contributed by atoms with Gasteiger partial charge in [0.15, 0.2) is 0 Å². The van der Waals surface area contributed by atoms with Gasteiger partial charge in [0.1, 0.15) is 28.4 Å². The summed E-state index contributed by atoms with van der Waals surface area (Å²) < 4.78 is 4.47. The third kappa shape index (κ3) is 3.56. The van der Waals surface area contributed by atoms with Gasteiger partial charge in [-0.05, 0) is 26.8 Å². The van der Waals surface area contributed by atoms with Crippen LogP contribution < -0.4 is 40.0 Å². The van der Waals surface area contributed by atoms with Crippen LogP contribution in [0.4, 0.5) is 0 Å². The number of carboxylic acids is 1. The Balaban J connectivity index is 0.00000256. The summed E-state index contributed by atoms with van der Waals surface area (Å²) in [4.78, 5) is 38.3. The van der Waals surface area contributed by atoms with E-state index >= 15 is 0 Å². The second-order valence-electron chi connectivity index (χ2n) is 7.47. The molecule has 1 N–H and O–H groups in total. The maximum atomic E-state index is 13.0. The molecule has 152 valence electrons. The molecule has 0 bridgehead atoms. The Morgan fingerprint density at radius 2 is 2.00 bits per heavy atom. The number of amides is 2. The topological polar surface area (TPSA) is 116 Å². The van der Waals surface area contributed by atoms with Crippen LogP contribution in [0.1, 0.15) is 30.0 Å². The van der Waals surface area contributed by atoms with Gasteiger partial charge in [0, 0.05) is 10.3 Å². The first-order valence-electron chi connectivity index (χ1n) is 8.86. The maximum absolute atomic E-state index is 13.0. The molecule has 1 aromatic carbocycles. The van der Waals surface area contributed by atoms with E-state index in [0.717, 1.165) is 0 Å². The first kappa shape index (κ1) is 23.1. The number of aliphatic carboxylic acids is 1. The zero-order chi connectivity index (χ0) is 21.1. The number of β-lactam (4-membered cyclic amide) rings is 1. The average Bonchev–Trinajstić information content (AvgIpc) is 3.15. The van der Waals surface area contributed by atoms with Crippen LogP contribution in [0.3, 0.4) is 0 Å². The molecule has 4 rings (SSSR count). The molecule has 0 aliphatic carbocycles. The van der Waals surface area contributed by atoms with Gasteiger partial charge in [0.25, 0.3) is 5.91 Å². The number of carbonyl (C=O) groups excluding carboxylic acids is 3. The molecule has 3 heterocycles. The van der Waals surface area contributed by atoms with E-state index < -0.39 is 40.0 Å². The fourth-order valence-electron chi connectivity index (χ4n) is 3.82. The van der Waals surface area contributed by atoms with Gasteiger partial charge >= 0.3 is 29.6 Å². The summed E-state index contributed by atoms with van der Waals surface area (Å²) in [6, 6.07) is 5.02. The van der Waals surface area contributed by atoms with Crippen LogP contribution in [-0.4, -0.2) is 50.0 Å². The van der Waals surface area contributed by atoms with E-state index in [-0.39, 0.29) is 46.6 Å². The number of carboxylic acid groups (broad SMARTS) is 1. The van der Waals surface area contributed by atoms with Gasteiger partial charge in [-0.1, -0.05) is 35.0 Å². The zero-order valence-electron chi connectivity index (χ0n) is 16.8. The Hall–Kier alpha value is -1.52. The fraction of sp³-hybridized carbons (Fsp3) is 0.368. The van der Waals surface area contributed by atoms with Gasteiger partial charge in [0.05, 0.1) is 17.0 Å². The number of thioether (sulfide) groups is 1. The Bertz CT molecular complexity index is 1040. The molecule has 0 spiro atoms. The number of hydrogen-bond donors (Lipinski definition) is 1. The third-order valence-electron chi connectivity index (χ3n) is 5.17. The maximum Gasteiger partial charge on any atom is 1.00 e. The number of carbonyl (C=O) groups is 3. The summed E-state index contributed by atoms with van der Waals surface area (Å²) in [6.45, 7) is 5.07. The quantitative estimate of drug-likeness (QED) is 0.426. The van der Waals surface area contributed by atoms with Crippen molar-refractivity contribution in [1.29, 1.82) is 0 Å². The summed E-state index contributed by atoms with van der Waals surface area (Å²) in [5, 5.41) is 18.1. The molecule has 2 amide bonds. The van der Waals surface area contributed by atoms with Gasteiger partial charge in [-0.3, -0.25) is 9.59 Å². The average molecular weight is 458 g/mol. The van der Waals surface area contributed by atoms with Gasteiger partial charge in [-0.2, -0.15) is 0 Å². The second-order valence-corrected chi connectivity index (χ2v) is 9.65. The molecule has 30 heavy (non-hydrogen) atoms. The van der Waals surface area contributed by atoms with Gasteiger partial charge in [0.2, 0.25) is 5.91 Å². The third-order valence-corrected chi connectivity index (χ3v) is 7.07. The SMILES string of the molecule is Cc1onc(-c2ccccc2Cl)c1C(=O)N[C@@H]1C(=O)N2[C@H]1SC(C)(C)[C@H]2C(=O)[O-].[Na+]. The molecule has 11 heteroatoms. The van der Waals surface area contributed by atoms with Crippen LogP contribution in [0.2, 0.25) is 5.02 Å². The van der Waals surface area contributed by atoms with Crippen LogP contribution in [0.15, 0.2) is 28.8 Å². The molecule has 0 saturated carbocycles. The number of benzene rings is 1. The summed E-state index contributed by atoms with van der Waals surface area (Å²) in [5.74, 6) is -2.01. The molecule has 3 atom stereocenters. The predicted octanol–water partition coefficient (Wildman–Crippen LogP) is -1.78. The molecule has 2 fully saturated rings. The van der Waals surface area contributed by atoms with E-state index in [0.29, 0.717) is 10.6 Å². The minimum atomic E-state index is -1.31. The number of nitrogens with one attached hydrogen (secondary N) is 1. The Labute approximate surface area is 204 Å². The van der Waals surface area contributed by atoms with Crippen molar-refractivity contribution < 1.29 is 53.6 Å². The van der Waals surface area contributed by atoms with E-state index in [2.05, 4.69) is 10.5 Å². The van der Waals surface area contributed by atoms with Crippen LogP contribution in [0.25, 0.3) is 11.3 Å². The van der Waals surface area contributed by atoms with Crippen molar-refractivity contribution in [3.05, 3.63) is 40.6 Å². The first-order chi connectivity index (χ1) is 13.6. The number of nitrogens with zero attached hydrogens (tertiary/aromatic N) is 2. The predicted molar refractivity (Wildman–Crippen MR) is 104 cm³/mol. The van der Waals surface area contributed by atoms with Crippen molar-refractivity contribution in [2.45, 2.75) is 43.0 Å². The molecule has 8 nitrogen and oxygen atoms in total. The minimum Gasteiger partial charge on any atom is -0.548 e. The number of aromatic nitrogens is 1. The number of fused-ring (bicyclic) bond motifs is 1. The van der Waals surface area contributed by atoms with Crippen LogP contribution in [-0.2, 0) is 9.59 Å². The first-order valence-corrected chi connectivity index (χ1v) is 10.1. The van der Waals surface area contributed by atoms with Crippen molar-refractivity contribution in [3.8, 4) is 11.3 Å². The van der Waals surface area contributed by atoms with Crippen LogP contribution in [0.5, 0.6) is 0 Å². The molecule has 2 aliphatic rings. The standard InChI is InChI=1S/C19H18ClN3O5S.Na/c1-8-11(12(22-28-8)9-6-4-5-7-10(9)20)15(24)21-13-16(25)23-14(18(26)27)19(2,3)29-17(13)23;/h4-7,13-14,17H,1-3H3,(H,21,24)(H,26,27);/q;+1/p-1/t13-,14-,17+;/m1./s1.